The molecule has 1 aliphatic rings. The third-order valence-electron chi connectivity index (χ3n) is 9.42. The van der Waals surface area contributed by atoms with E-state index in [1.54, 1.807) is 24.3 Å². The number of aliphatic hydroxyl groups is 2. The van der Waals surface area contributed by atoms with Crippen LogP contribution in [0.4, 0.5) is 16.2 Å². The fraction of sp³-hybridized carbons (Fsp3) is 0.262. The molecule has 0 saturated carbocycles. The fourth-order valence-electron chi connectivity index (χ4n) is 6.20. The number of nitrogens with zero attached hydrogens (tertiary/aromatic N) is 1. The Labute approximate surface area is 299 Å². The molecule has 1 saturated heterocycles. The van der Waals surface area contributed by atoms with Crippen molar-refractivity contribution >= 4 is 17.4 Å². The van der Waals surface area contributed by atoms with Crippen molar-refractivity contribution in [3.8, 4) is 11.5 Å². The molecule has 1 heterocycles. The molecule has 5 aromatic rings. The van der Waals surface area contributed by atoms with Crippen LogP contribution in [0, 0.1) is 5.92 Å². The number of urea groups is 1. The molecule has 51 heavy (non-hydrogen) atoms. The SMILES string of the molecule is CC1C(CN(C)C(C)C(O)c2ccccc2)OC(c2ccc(NC(=O)Nc3ccc(Oc4ccccc4)cc3)cc2)OC1c1ccc(CO)cc1. The summed E-state index contributed by atoms with van der Waals surface area (Å²) in [7, 11) is 2.00. The normalized spacial score (nSPS) is 20.0. The number of anilines is 2. The molecule has 5 aromatic carbocycles. The van der Waals surface area contributed by atoms with Gasteiger partial charge in [0.1, 0.15) is 11.5 Å². The molecule has 0 aromatic heterocycles. The van der Waals surface area contributed by atoms with Crippen LogP contribution in [-0.4, -0.2) is 46.9 Å². The Morgan fingerprint density at radius 1 is 0.765 bits per heavy atom. The lowest BCUT2D eigenvalue weighted by molar-refractivity contribution is -0.276. The maximum Gasteiger partial charge on any atom is 0.323 e. The van der Waals surface area contributed by atoms with Gasteiger partial charge in [-0.25, -0.2) is 4.79 Å². The second-order valence-electron chi connectivity index (χ2n) is 13.0. The Bertz CT molecular complexity index is 1820. The Hall–Kier alpha value is -5.03. The summed E-state index contributed by atoms with van der Waals surface area (Å²) in [5, 5.41) is 26.5. The van der Waals surface area contributed by atoms with Crippen LogP contribution in [0.5, 0.6) is 11.5 Å². The van der Waals surface area contributed by atoms with Gasteiger partial charge in [0.2, 0.25) is 0 Å². The Balaban J connectivity index is 1.12. The summed E-state index contributed by atoms with van der Waals surface area (Å²) in [4.78, 5) is 15.0. The molecule has 0 radical (unpaired) electrons. The van der Waals surface area contributed by atoms with Gasteiger partial charge < -0.3 is 35.1 Å². The first-order valence-electron chi connectivity index (χ1n) is 17.2. The number of likely N-dealkylation sites (N-methyl/N-ethyl adjacent to an activating group) is 1. The number of amides is 2. The average molecular weight is 688 g/mol. The lowest BCUT2D eigenvalue weighted by Gasteiger charge is -2.43. The van der Waals surface area contributed by atoms with Crippen molar-refractivity contribution in [2.24, 2.45) is 5.92 Å². The number of hydrogen-bond acceptors (Lipinski definition) is 7. The molecular weight excluding hydrogens is 642 g/mol. The number of ether oxygens (including phenoxy) is 3. The molecule has 0 aliphatic carbocycles. The van der Waals surface area contributed by atoms with E-state index in [4.69, 9.17) is 14.2 Å². The van der Waals surface area contributed by atoms with Crippen LogP contribution in [0.25, 0.3) is 0 Å². The molecule has 1 aliphatic heterocycles. The molecule has 6 atom stereocenters. The zero-order chi connectivity index (χ0) is 35.7. The monoisotopic (exact) mass is 687 g/mol. The third kappa shape index (κ3) is 9.21. The number of para-hydroxylation sites is 1. The highest BCUT2D eigenvalue weighted by Crippen LogP contribution is 2.42. The van der Waals surface area contributed by atoms with Crippen molar-refractivity contribution in [2.75, 3.05) is 24.2 Å². The molecular formula is C42H45N3O6. The quantitative estimate of drug-likeness (QED) is 0.104. The van der Waals surface area contributed by atoms with Crippen LogP contribution in [0.1, 0.15) is 54.6 Å². The molecule has 4 N–H and O–H groups in total. The van der Waals surface area contributed by atoms with Crippen LogP contribution >= 0.6 is 0 Å². The van der Waals surface area contributed by atoms with Gasteiger partial charge in [0.25, 0.3) is 0 Å². The first kappa shape index (κ1) is 35.8. The summed E-state index contributed by atoms with van der Waals surface area (Å²) in [5.41, 5.74) is 4.74. The number of nitrogens with one attached hydrogen (secondary N) is 2. The van der Waals surface area contributed by atoms with Crippen molar-refractivity contribution in [3.05, 3.63) is 156 Å². The summed E-state index contributed by atoms with van der Waals surface area (Å²) in [6.45, 7) is 4.67. The Morgan fingerprint density at radius 2 is 1.31 bits per heavy atom. The fourth-order valence-corrected chi connectivity index (χ4v) is 6.20. The standard InChI is InChI=1S/C42H45N3O6/c1-28-38(26-45(3)29(2)39(47)31-10-6-4-7-11-31)50-41(51-40(28)32-16-14-30(27-46)15-17-32)33-18-20-34(21-19-33)43-42(48)44-35-22-24-37(25-23-35)49-36-12-8-5-9-13-36/h4-25,28-29,38-41,46-47H,26-27H2,1-3H3,(H2,43,44,48). The third-order valence-corrected chi connectivity index (χ3v) is 9.42. The molecule has 0 spiro atoms. The van der Waals surface area contributed by atoms with Crippen LogP contribution in [0.3, 0.4) is 0 Å². The Morgan fingerprint density at radius 3 is 1.92 bits per heavy atom. The minimum absolute atomic E-state index is 0.0200. The topological polar surface area (TPSA) is 113 Å². The van der Waals surface area contributed by atoms with Gasteiger partial charge in [0.05, 0.1) is 24.9 Å². The summed E-state index contributed by atoms with van der Waals surface area (Å²) >= 11 is 0. The zero-order valence-electron chi connectivity index (χ0n) is 29.1. The van der Waals surface area contributed by atoms with Crippen LogP contribution in [-0.2, 0) is 16.1 Å². The number of carbonyl (C=O) groups excluding carboxylic acids is 1. The summed E-state index contributed by atoms with van der Waals surface area (Å²) in [6, 6.07) is 41.0. The van der Waals surface area contributed by atoms with Crippen molar-refractivity contribution < 1.29 is 29.2 Å². The molecule has 0 bridgehead atoms. The minimum Gasteiger partial charge on any atom is -0.457 e. The van der Waals surface area contributed by atoms with Gasteiger partial charge in [-0.15, -0.1) is 0 Å². The van der Waals surface area contributed by atoms with Crippen molar-refractivity contribution in [1.82, 2.24) is 4.90 Å². The van der Waals surface area contributed by atoms with Gasteiger partial charge >= 0.3 is 6.03 Å². The lowest BCUT2D eigenvalue weighted by atomic mass is 9.89. The zero-order valence-corrected chi connectivity index (χ0v) is 29.1. The maximum absolute atomic E-state index is 12.8. The highest BCUT2D eigenvalue weighted by molar-refractivity contribution is 5.99. The summed E-state index contributed by atoms with van der Waals surface area (Å²) < 4.78 is 19.1. The highest BCUT2D eigenvalue weighted by Gasteiger charge is 2.39. The number of hydrogen-bond donors (Lipinski definition) is 4. The predicted octanol–water partition coefficient (Wildman–Crippen LogP) is 8.46. The second-order valence-corrected chi connectivity index (χ2v) is 13.0. The molecule has 2 amide bonds. The van der Waals surface area contributed by atoms with Gasteiger partial charge in [0.15, 0.2) is 6.29 Å². The van der Waals surface area contributed by atoms with Crippen LogP contribution in [0.15, 0.2) is 133 Å². The van der Waals surface area contributed by atoms with Gasteiger partial charge in [0, 0.05) is 35.4 Å². The molecule has 9 heteroatoms. The van der Waals surface area contributed by atoms with E-state index in [2.05, 4.69) is 22.5 Å². The number of benzene rings is 5. The number of rotatable bonds is 12. The Kier molecular flexibility index (Phi) is 11.8. The second kappa shape index (κ2) is 16.8. The van der Waals surface area contributed by atoms with Crippen LogP contribution in [0.2, 0.25) is 0 Å². The van der Waals surface area contributed by atoms with Gasteiger partial charge in [-0.2, -0.15) is 0 Å². The van der Waals surface area contributed by atoms with E-state index >= 15 is 0 Å². The number of aliphatic hydroxyl groups excluding tert-OH is 2. The summed E-state index contributed by atoms with van der Waals surface area (Å²) in [5.74, 6) is 1.39. The molecule has 1 fully saturated rings. The van der Waals surface area contributed by atoms with E-state index in [1.807, 2.05) is 123 Å². The first-order chi connectivity index (χ1) is 24.8. The van der Waals surface area contributed by atoms with E-state index < -0.39 is 12.4 Å². The van der Waals surface area contributed by atoms with Crippen molar-refractivity contribution in [3.63, 3.8) is 0 Å². The van der Waals surface area contributed by atoms with Crippen LogP contribution < -0.4 is 15.4 Å². The van der Waals surface area contributed by atoms with Gasteiger partial charge in [-0.1, -0.05) is 91.9 Å². The predicted molar refractivity (Wildman–Crippen MR) is 199 cm³/mol. The molecule has 6 unspecified atom stereocenters. The van der Waals surface area contributed by atoms with E-state index in [0.717, 1.165) is 28.0 Å². The maximum atomic E-state index is 12.8. The number of carbonyl (C=O) groups is 1. The van der Waals surface area contributed by atoms with Gasteiger partial charge in [-0.3, -0.25) is 4.90 Å². The molecule has 6 rings (SSSR count). The smallest absolute Gasteiger partial charge is 0.323 e. The van der Waals surface area contributed by atoms with E-state index in [1.165, 1.54) is 0 Å². The van der Waals surface area contributed by atoms with E-state index in [-0.39, 0.29) is 36.8 Å². The first-order valence-corrected chi connectivity index (χ1v) is 17.2. The summed E-state index contributed by atoms with van der Waals surface area (Å²) in [6.07, 6.45) is -1.84. The van der Waals surface area contributed by atoms with Crippen molar-refractivity contribution in [2.45, 2.75) is 51.1 Å². The molecule has 264 valence electrons. The van der Waals surface area contributed by atoms with Gasteiger partial charge in [-0.05, 0) is 79.2 Å². The average Bonchev–Trinajstić information content (AvgIpc) is 3.17. The largest absolute Gasteiger partial charge is 0.457 e. The molecule has 9 nitrogen and oxygen atoms in total. The minimum atomic E-state index is -0.670. The lowest BCUT2D eigenvalue weighted by Crippen LogP contribution is -2.46. The van der Waals surface area contributed by atoms with E-state index in [9.17, 15) is 15.0 Å². The van der Waals surface area contributed by atoms with E-state index in [0.29, 0.717) is 23.7 Å². The van der Waals surface area contributed by atoms with Crippen molar-refractivity contribution in [1.29, 1.82) is 0 Å². The highest BCUT2D eigenvalue weighted by atomic mass is 16.7.